The number of halogens is 1. The predicted molar refractivity (Wildman–Crippen MR) is 104 cm³/mol. The lowest BCUT2D eigenvalue weighted by atomic mass is 10.2. The first-order valence-corrected chi connectivity index (χ1v) is 9.28. The second-order valence-electron chi connectivity index (χ2n) is 7.31. The van der Waals surface area contributed by atoms with Gasteiger partial charge in [0.05, 0.1) is 0 Å². The van der Waals surface area contributed by atoms with Gasteiger partial charge in [0.25, 0.3) is 0 Å². The number of nitrogens with two attached hydrogens (primary N) is 1. The van der Waals surface area contributed by atoms with Crippen molar-refractivity contribution in [2.45, 2.75) is 6.42 Å². The summed E-state index contributed by atoms with van der Waals surface area (Å²) in [5.41, 5.74) is 7.35. The second-order valence-corrected chi connectivity index (χ2v) is 7.31. The van der Waals surface area contributed by atoms with E-state index in [0.29, 0.717) is 30.1 Å². The highest BCUT2D eigenvalue weighted by molar-refractivity contribution is 5.91. The Kier molecular flexibility index (Phi) is 4.79. The van der Waals surface area contributed by atoms with Gasteiger partial charge in [-0.15, -0.1) is 0 Å². The van der Waals surface area contributed by atoms with Crippen molar-refractivity contribution in [2.75, 3.05) is 30.3 Å². The number of piperidine rings is 1. The Balaban J connectivity index is 1.17. The van der Waals surface area contributed by atoms with Crippen molar-refractivity contribution in [1.82, 2.24) is 10.3 Å². The van der Waals surface area contributed by atoms with Gasteiger partial charge in [-0.25, -0.2) is 9.37 Å². The molecule has 5 nitrogen and oxygen atoms in total. The van der Waals surface area contributed by atoms with Crippen molar-refractivity contribution in [3.63, 3.8) is 0 Å². The highest BCUT2D eigenvalue weighted by Crippen LogP contribution is 2.54. The third-order valence-electron chi connectivity index (χ3n) is 5.56. The molecule has 6 heteroatoms. The number of nitrogen functional groups attached to an aromatic ring is 1. The SMILES string of the molecule is Nc1ccc(/C=C/C(=O)NCC[C@@H]2[C@H]3CN(c4cccc(F)c4)C[C@@H]23)cn1. The molecule has 1 amide bonds. The minimum absolute atomic E-state index is 0.0981. The third-order valence-corrected chi connectivity index (χ3v) is 5.56. The van der Waals surface area contributed by atoms with Gasteiger partial charge < -0.3 is 16.0 Å². The van der Waals surface area contributed by atoms with E-state index >= 15 is 0 Å². The molecule has 1 aliphatic carbocycles. The maximum atomic E-state index is 13.4. The van der Waals surface area contributed by atoms with Crippen molar-refractivity contribution in [1.29, 1.82) is 0 Å². The normalized spacial score (nSPS) is 23.4. The Morgan fingerprint density at radius 1 is 1.30 bits per heavy atom. The molecule has 2 fully saturated rings. The third kappa shape index (κ3) is 4.10. The number of rotatable bonds is 6. The van der Waals surface area contributed by atoms with E-state index in [0.717, 1.165) is 30.8 Å². The van der Waals surface area contributed by atoms with E-state index in [1.807, 2.05) is 12.1 Å². The van der Waals surface area contributed by atoms with Crippen LogP contribution >= 0.6 is 0 Å². The van der Waals surface area contributed by atoms with Crippen LogP contribution in [0.15, 0.2) is 48.7 Å². The van der Waals surface area contributed by atoms with Crippen LogP contribution in [0.25, 0.3) is 6.08 Å². The number of carbonyl (C=O) groups is 1. The monoisotopic (exact) mass is 366 g/mol. The van der Waals surface area contributed by atoms with E-state index in [1.54, 1.807) is 30.5 Å². The summed E-state index contributed by atoms with van der Waals surface area (Å²) in [6.07, 6.45) is 5.88. The van der Waals surface area contributed by atoms with Crippen molar-refractivity contribution >= 4 is 23.5 Å². The molecule has 4 rings (SSSR count). The fourth-order valence-corrected chi connectivity index (χ4v) is 4.07. The average Bonchev–Trinajstić information content (AvgIpc) is 3.11. The quantitative estimate of drug-likeness (QED) is 0.771. The summed E-state index contributed by atoms with van der Waals surface area (Å²) >= 11 is 0. The number of carbonyl (C=O) groups excluding carboxylic acids is 1. The molecule has 140 valence electrons. The number of nitrogens with zero attached hydrogens (tertiary/aromatic N) is 2. The summed E-state index contributed by atoms with van der Waals surface area (Å²) in [7, 11) is 0. The molecule has 1 aliphatic heterocycles. The van der Waals surface area contributed by atoms with Crippen LogP contribution in [0.1, 0.15) is 12.0 Å². The minimum Gasteiger partial charge on any atom is -0.384 e. The van der Waals surface area contributed by atoms with E-state index < -0.39 is 0 Å². The molecular weight excluding hydrogens is 343 g/mol. The van der Waals surface area contributed by atoms with Crippen molar-refractivity contribution in [3.05, 3.63) is 60.1 Å². The largest absolute Gasteiger partial charge is 0.384 e. The molecular formula is C21H23FN4O. The average molecular weight is 366 g/mol. The first-order chi connectivity index (χ1) is 13.1. The molecule has 1 aromatic heterocycles. The Hall–Kier alpha value is -2.89. The zero-order chi connectivity index (χ0) is 18.8. The van der Waals surface area contributed by atoms with Crippen LogP contribution in [0.2, 0.25) is 0 Å². The number of aromatic nitrogens is 1. The lowest BCUT2D eigenvalue weighted by molar-refractivity contribution is -0.116. The first-order valence-electron chi connectivity index (χ1n) is 9.28. The number of hydrogen-bond acceptors (Lipinski definition) is 4. The molecule has 0 radical (unpaired) electrons. The summed E-state index contributed by atoms with van der Waals surface area (Å²) in [4.78, 5) is 18.2. The van der Waals surface area contributed by atoms with Gasteiger partial charge in [0.1, 0.15) is 11.6 Å². The van der Waals surface area contributed by atoms with Crippen LogP contribution in [0.3, 0.4) is 0 Å². The van der Waals surface area contributed by atoms with E-state index in [1.165, 1.54) is 12.1 Å². The van der Waals surface area contributed by atoms with Gasteiger partial charge in [0.2, 0.25) is 5.91 Å². The van der Waals surface area contributed by atoms with Crippen molar-refractivity contribution < 1.29 is 9.18 Å². The standard InChI is InChI=1S/C21H23FN4O/c22-15-2-1-3-16(10-15)26-12-18-17(19(18)13-26)8-9-24-21(27)7-5-14-4-6-20(23)25-11-14/h1-7,10-11,17-19H,8-9,12-13H2,(H2,23,25)(H,24,27)/b7-5+/t17-,18-,19+. The fraction of sp³-hybridized carbons (Fsp3) is 0.333. The zero-order valence-corrected chi connectivity index (χ0v) is 15.0. The van der Waals surface area contributed by atoms with Crippen molar-refractivity contribution in [2.24, 2.45) is 17.8 Å². The Morgan fingerprint density at radius 2 is 2.11 bits per heavy atom. The maximum absolute atomic E-state index is 13.4. The molecule has 2 aliphatic rings. The maximum Gasteiger partial charge on any atom is 0.244 e. The van der Waals surface area contributed by atoms with Crippen LogP contribution in [0, 0.1) is 23.6 Å². The minimum atomic E-state index is -0.185. The van der Waals surface area contributed by atoms with E-state index in [2.05, 4.69) is 15.2 Å². The molecule has 2 heterocycles. The molecule has 0 bridgehead atoms. The Labute approximate surface area is 158 Å². The molecule has 1 saturated carbocycles. The van der Waals surface area contributed by atoms with Crippen LogP contribution in [0.4, 0.5) is 15.9 Å². The van der Waals surface area contributed by atoms with Gasteiger partial charge >= 0.3 is 0 Å². The summed E-state index contributed by atoms with van der Waals surface area (Å²) in [6, 6.07) is 10.3. The number of benzene rings is 1. The van der Waals surface area contributed by atoms with Crippen LogP contribution < -0.4 is 16.0 Å². The van der Waals surface area contributed by atoms with Crippen LogP contribution in [-0.4, -0.2) is 30.5 Å². The molecule has 1 saturated heterocycles. The summed E-state index contributed by atoms with van der Waals surface area (Å²) in [6.45, 7) is 2.65. The zero-order valence-electron chi connectivity index (χ0n) is 15.0. The van der Waals surface area contributed by atoms with Crippen LogP contribution in [-0.2, 0) is 4.79 Å². The summed E-state index contributed by atoms with van der Waals surface area (Å²) in [5.74, 6) is 2.18. The van der Waals surface area contributed by atoms with Gasteiger partial charge in [0, 0.05) is 37.6 Å². The Morgan fingerprint density at radius 3 is 2.81 bits per heavy atom. The van der Waals surface area contributed by atoms with Crippen LogP contribution in [0.5, 0.6) is 0 Å². The van der Waals surface area contributed by atoms with E-state index in [-0.39, 0.29) is 11.7 Å². The van der Waals surface area contributed by atoms with Gasteiger partial charge in [-0.1, -0.05) is 6.07 Å². The van der Waals surface area contributed by atoms with E-state index in [4.69, 9.17) is 5.73 Å². The summed E-state index contributed by atoms with van der Waals surface area (Å²) < 4.78 is 13.4. The topological polar surface area (TPSA) is 71.2 Å². The number of amides is 1. The predicted octanol–water partition coefficient (Wildman–Crippen LogP) is 2.70. The molecule has 1 aromatic carbocycles. The number of fused-ring (bicyclic) bond motifs is 1. The van der Waals surface area contributed by atoms with Gasteiger partial charge in [-0.2, -0.15) is 0 Å². The van der Waals surface area contributed by atoms with Gasteiger partial charge in [-0.3, -0.25) is 4.79 Å². The second kappa shape index (κ2) is 7.39. The van der Waals surface area contributed by atoms with Crippen molar-refractivity contribution in [3.8, 4) is 0 Å². The number of hydrogen-bond donors (Lipinski definition) is 2. The van der Waals surface area contributed by atoms with Gasteiger partial charge in [-0.05, 0) is 66.1 Å². The highest BCUT2D eigenvalue weighted by atomic mass is 19.1. The molecule has 0 spiro atoms. The molecule has 3 atom stereocenters. The highest BCUT2D eigenvalue weighted by Gasteiger charge is 2.54. The molecule has 27 heavy (non-hydrogen) atoms. The van der Waals surface area contributed by atoms with E-state index in [9.17, 15) is 9.18 Å². The lowest BCUT2D eigenvalue weighted by Crippen LogP contribution is -2.26. The number of anilines is 2. The number of pyridine rings is 1. The summed E-state index contributed by atoms with van der Waals surface area (Å²) in [5, 5.41) is 2.94. The smallest absolute Gasteiger partial charge is 0.244 e. The number of nitrogens with one attached hydrogen (secondary N) is 1. The fourth-order valence-electron chi connectivity index (χ4n) is 4.07. The molecule has 3 N–H and O–H groups in total. The lowest BCUT2D eigenvalue weighted by Gasteiger charge is -2.22. The first kappa shape index (κ1) is 17.5. The molecule has 0 unspecified atom stereocenters. The molecule has 2 aromatic rings. The van der Waals surface area contributed by atoms with Gasteiger partial charge in [0.15, 0.2) is 0 Å². The Bertz CT molecular complexity index is 840.